The van der Waals surface area contributed by atoms with Crippen molar-refractivity contribution < 1.29 is 4.79 Å². The minimum atomic E-state index is -0.502. The molecule has 0 spiro atoms. The lowest BCUT2D eigenvalue weighted by atomic mass is 10.1. The molecule has 1 aromatic rings. The molecule has 0 aliphatic heterocycles. The van der Waals surface area contributed by atoms with Crippen LogP contribution in [-0.2, 0) is 4.79 Å². The van der Waals surface area contributed by atoms with E-state index in [9.17, 15) is 10.1 Å². The lowest BCUT2D eigenvalue weighted by Crippen LogP contribution is -2.47. The molecule has 0 saturated heterocycles. The number of nitrogens with one attached hydrogen (secondary N) is 2. The van der Waals surface area contributed by atoms with Gasteiger partial charge in [-0.2, -0.15) is 10.4 Å². The summed E-state index contributed by atoms with van der Waals surface area (Å²) in [5, 5.41) is 23.0. The van der Waals surface area contributed by atoms with Gasteiger partial charge in [0.25, 0.3) is 0 Å². The number of nitrogens with zero attached hydrogens (tertiary/aromatic N) is 3. The summed E-state index contributed by atoms with van der Waals surface area (Å²) in [6.45, 7) is 11.1. The predicted molar refractivity (Wildman–Crippen MR) is 77.2 cm³/mol. The Kier molecular flexibility index (Phi) is 4.66. The largest absolute Gasteiger partial charge is 0.356 e. The van der Waals surface area contributed by atoms with Gasteiger partial charge < -0.3 is 10.6 Å². The first kappa shape index (κ1) is 15.9. The van der Waals surface area contributed by atoms with Gasteiger partial charge in [-0.3, -0.25) is 4.79 Å². The number of anilines is 1. The summed E-state index contributed by atoms with van der Waals surface area (Å²) in [7, 11) is 0. The van der Waals surface area contributed by atoms with Gasteiger partial charge in [0.2, 0.25) is 5.91 Å². The maximum atomic E-state index is 12.0. The van der Waals surface area contributed by atoms with Crippen LogP contribution in [0.1, 0.15) is 44.5 Å². The normalized spacial score (nSPS) is 12.4. The van der Waals surface area contributed by atoms with Gasteiger partial charge in [-0.1, -0.05) is 0 Å². The quantitative estimate of drug-likeness (QED) is 0.875. The third-order valence-electron chi connectivity index (χ3n) is 2.81. The molecule has 2 N–H and O–H groups in total. The molecule has 0 bridgehead atoms. The molecule has 0 aromatic carbocycles. The van der Waals surface area contributed by atoms with E-state index in [0.717, 1.165) is 5.56 Å². The Labute approximate surface area is 119 Å². The van der Waals surface area contributed by atoms with E-state index in [1.54, 1.807) is 13.8 Å². The van der Waals surface area contributed by atoms with Crippen molar-refractivity contribution >= 4 is 11.7 Å². The minimum absolute atomic E-state index is 0.151. The fourth-order valence-electron chi connectivity index (χ4n) is 1.59. The molecule has 1 rings (SSSR count). The van der Waals surface area contributed by atoms with E-state index in [1.165, 1.54) is 0 Å². The second-order valence-corrected chi connectivity index (χ2v) is 5.85. The number of hydrogen-bond acceptors (Lipinski definition) is 5. The molecule has 1 amide bonds. The highest BCUT2D eigenvalue weighted by Crippen LogP contribution is 2.17. The van der Waals surface area contributed by atoms with E-state index < -0.39 is 6.04 Å². The highest BCUT2D eigenvalue weighted by molar-refractivity contribution is 5.84. The second kappa shape index (κ2) is 5.87. The first-order valence-electron chi connectivity index (χ1n) is 6.48. The molecule has 0 aliphatic rings. The van der Waals surface area contributed by atoms with Gasteiger partial charge in [-0.15, -0.1) is 5.10 Å². The average molecular weight is 275 g/mol. The summed E-state index contributed by atoms with van der Waals surface area (Å²) in [6, 6.07) is 1.60. The van der Waals surface area contributed by atoms with Crippen LogP contribution in [-0.4, -0.2) is 27.7 Å². The Balaban J connectivity index is 2.92. The third kappa shape index (κ3) is 3.92. The van der Waals surface area contributed by atoms with Crippen LogP contribution in [0, 0.1) is 25.2 Å². The first-order valence-corrected chi connectivity index (χ1v) is 6.48. The fourth-order valence-corrected chi connectivity index (χ4v) is 1.59. The van der Waals surface area contributed by atoms with Crippen LogP contribution < -0.4 is 10.6 Å². The number of carbonyl (C=O) groups excluding carboxylic acids is 1. The van der Waals surface area contributed by atoms with E-state index >= 15 is 0 Å². The molecule has 6 heteroatoms. The van der Waals surface area contributed by atoms with Gasteiger partial charge in [0.15, 0.2) is 5.82 Å². The Morgan fingerprint density at radius 3 is 2.40 bits per heavy atom. The highest BCUT2D eigenvalue weighted by Gasteiger charge is 2.21. The molecule has 0 saturated carbocycles. The Bertz CT molecular complexity index is 554. The molecule has 1 unspecified atom stereocenters. The van der Waals surface area contributed by atoms with Crippen LogP contribution in [0.25, 0.3) is 0 Å². The summed E-state index contributed by atoms with van der Waals surface area (Å²) in [4.78, 5) is 12.0. The minimum Gasteiger partial charge on any atom is -0.356 e. The lowest BCUT2D eigenvalue weighted by Gasteiger charge is -2.24. The molecule has 20 heavy (non-hydrogen) atoms. The number of rotatable bonds is 3. The molecular formula is C14H21N5O. The van der Waals surface area contributed by atoms with Crippen molar-refractivity contribution in [3.63, 3.8) is 0 Å². The number of hydrogen-bond donors (Lipinski definition) is 2. The second-order valence-electron chi connectivity index (χ2n) is 5.85. The number of amides is 1. The number of aryl methyl sites for hydroxylation is 1. The van der Waals surface area contributed by atoms with Gasteiger partial charge in [0.05, 0.1) is 5.69 Å². The monoisotopic (exact) mass is 275 g/mol. The van der Waals surface area contributed by atoms with Crippen LogP contribution >= 0.6 is 0 Å². The van der Waals surface area contributed by atoms with Gasteiger partial charge in [0, 0.05) is 5.54 Å². The van der Waals surface area contributed by atoms with E-state index in [-0.39, 0.29) is 11.4 Å². The highest BCUT2D eigenvalue weighted by atomic mass is 16.2. The summed E-state index contributed by atoms with van der Waals surface area (Å²) in [5.41, 5.74) is 1.60. The van der Waals surface area contributed by atoms with Gasteiger partial charge >= 0.3 is 0 Å². The average Bonchev–Trinajstić information content (AvgIpc) is 2.32. The van der Waals surface area contributed by atoms with Crippen LogP contribution in [0.2, 0.25) is 0 Å². The zero-order valence-corrected chi connectivity index (χ0v) is 12.8. The maximum absolute atomic E-state index is 12.0. The van der Waals surface area contributed by atoms with Crippen molar-refractivity contribution in [2.45, 2.75) is 53.1 Å². The number of nitriles is 1. The summed E-state index contributed by atoms with van der Waals surface area (Å²) in [5.74, 6) is 0.188. The molecule has 6 nitrogen and oxygen atoms in total. The zero-order chi connectivity index (χ0) is 15.5. The summed E-state index contributed by atoms with van der Waals surface area (Å²) >= 11 is 0. The standard InChI is InChI=1S/C14H21N5O/c1-8-9(2)18-19-12(11(8)7-15)16-10(3)13(20)17-14(4,5)6/h10H,1-6H3,(H,16,19)(H,17,20). The van der Waals surface area contributed by atoms with E-state index in [4.69, 9.17) is 0 Å². The van der Waals surface area contributed by atoms with E-state index in [2.05, 4.69) is 26.9 Å². The van der Waals surface area contributed by atoms with Crippen LogP contribution in [0.15, 0.2) is 0 Å². The Morgan fingerprint density at radius 2 is 1.90 bits per heavy atom. The van der Waals surface area contributed by atoms with E-state index in [0.29, 0.717) is 17.1 Å². The predicted octanol–water partition coefficient (Wildman–Crippen LogP) is 1.68. The number of carbonyl (C=O) groups is 1. The lowest BCUT2D eigenvalue weighted by molar-refractivity contribution is -0.122. The summed E-state index contributed by atoms with van der Waals surface area (Å²) in [6.07, 6.45) is 0. The van der Waals surface area contributed by atoms with Crippen molar-refractivity contribution in [3.8, 4) is 6.07 Å². The Hall–Kier alpha value is -2.16. The van der Waals surface area contributed by atoms with Crippen LogP contribution in [0.3, 0.4) is 0 Å². The fraction of sp³-hybridized carbons (Fsp3) is 0.571. The maximum Gasteiger partial charge on any atom is 0.242 e. The van der Waals surface area contributed by atoms with Gasteiger partial charge in [-0.25, -0.2) is 0 Å². The van der Waals surface area contributed by atoms with Crippen LogP contribution in [0.4, 0.5) is 5.82 Å². The van der Waals surface area contributed by atoms with Crippen molar-refractivity contribution in [2.24, 2.45) is 0 Å². The smallest absolute Gasteiger partial charge is 0.242 e. The molecule has 1 atom stereocenters. The third-order valence-corrected chi connectivity index (χ3v) is 2.81. The van der Waals surface area contributed by atoms with Crippen LogP contribution in [0.5, 0.6) is 0 Å². The van der Waals surface area contributed by atoms with Crippen molar-refractivity contribution in [3.05, 3.63) is 16.8 Å². The van der Waals surface area contributed by atoms with Gasteiger partial charge in [0.1, 0.15) is 17.7 Å². The molecule has 1 aromatic heterocycles. The van der Waals surface area contributed by atoms with Crippen molar-refractivity contribution in [1.29, 1.82) is 5.26 Å². The van der Waals surface area contributed by atoms with Gasteiger partial charge in [-0.05, 0) is 47.1 Å². The zero-order valence-electron chi connectivity index (χ0n) is 12.8. The SMILES string of the molecule is Cc1nnc(NC(C)C(=O)NC(C)(C)C)c(C#N)c1C. The molecule has 1 heterocycles. The molecule has 108 valence electrons. The first-order chi connectivity index (χ1) is 9.15. The topological polar surface area (TPSA) is 90.7 Å². The molecule has 0 fully saturated rings. The molecule has 0 aliphatic carbocycles. The van der Waals surface area contributed by atoms with E-state index in [1.807, 2.05) is 27.7 Å². The van der Waals surface area contributed by atoms with Crippen molar-refractivity contribution in [1.82, 2.24) is 15.5 Å². The summed E-state index contributed by atoms with van der Waals surface area (Å²) < 4.78 is 0. The van der Waals surface area contributed by atoms with Crippen molar-refractivity contribution in [2.75, 3.05) is 5.32 Å². The molecule has 0 radical (unpaired) electrons. The Morgan fingerprint density at radius 1 is 1.30 bits per heavy atom. The molecular weight excluding hydrogens is 254 g/mol. The number of aromatic nitrogens is 2.